The summed E-state index contributed by atoms with van der Waals surface area (Å²) in [7, 11) is 0. The van der Waals surface area contributed by atoms with E-state index in [4.69, 9.17) is 0 Å². The van der Waals surface area contributed by atoms with Crippen LogP contribution in [0, 0.1) is 5.92 Å². The average Bonchev–Trinajstić information content (AvgIpc) is 2.86. The van der Waals surface area contributed by atoms with Gasteiger partial charge in [-0.1, -0.05) is 0 Å². The quantitative estimate of drug-likeness (QED) is 0.752. The first-order chi connectivity index (χ1) is 10.3. The molecule has 4 heterocycles. The van der Waals surface area contributed by atoms with Gasteiger partial charge in [-0.05, 0) is 37.8 Å². The Labute approximate surface area is 134 Å². The lowest BCUT2D eigenvalue weighted by atomic mass is 9.94. The van der Waals surface area contributed by atoms with Crippen LogP contribution in [0.25, 0.3) is 0 Å². The summed E-state index contributed by atoms with van der Waals surface area (Å²) in [5, 5.41) is 2.06. The van der Waals surface area contributed by atoms with Crippen LogP contribution in [0.5, 0.6) is 0 Å². The maximum Gasteiger partial charge on any atom is 0.227 e. The van der Waals surface area contributed by atoms with Crippen LogP contribution in [-0.2, 0) is 11.3 Å². The Morgan fingerprint density at radius 2 is 2.33 bits per heavy atom. The fourth-order valence-corrected chi connectivity index (χ4v) is 4.41. The third-order valence-electron chi connectivity index (χ3n) is 4.51. The molecule has 6 heteroatoms. The molecule has 1 amide bonds. The van der Waals surface area contributed by atoms with Crippen molar-refractivity contribution in [3.63, 3.8) is 0 Å². The lowest BCUT2D eigenvalue weighted by molar-refractivity contribution is -0.140. The molecule has 4 nitrogen and oxygen atoms in total. The molecule has 0 radical (unpaired) electrons. The van der Waals surface area contributed by atoms with Crippen LogP contribution in [0.4, 0.5) is 0 Å². The molecule has 21 heavy (non-hydrogen) atoms. The number of thiazole rings is 1. The number of carbonyl (C=O) groups excluding carboxylic acids is 1. The Morgan fingerprint density at radius 1 is 1.43 bits per heavy atom. The number of aromatic nitrogens is 1. The van der Waals surface area contributed by atoms with Crippen LogP contribution in [0.2, 0.25) is 0 Å². The van der Waals surface area contributed by atoms with Crippen LogP contribution < -0.4 is 0 Å². The maximum atomic E-state index is 12.7. The first-order valence-corrected chi connectivity index (χ1v) is 10.0. The molecule has 3 fully saturated rings. The SMILES string of the molecule is CSCCCN1C[C@@H]2CC[C@H](C1)N(Cc1cscn1)C2=O. The van der Waals surface area contributed by atoms with Crippen molar-refractivity contribution in [1.82, 2.24) is 14.8 Å². The van der Waals surface area contributed by atoms with E-state index in [1.807, 2.05) is 17.3 Å². The van der Waals surface area contributed by atoms with E-state index in [0.717, 1.165) is 38.2 Å². The zero-order valence-corrected chi connectivity index (χ0v) is 14.2. The summed E-state index contributed by atoms with van der Waals surface area (Å²) in [6.07, 6.45) is 5.60. The Kier molecular flexibility index (Phi) is 5.19. The zero-order valence-electron chi connectivity index (χ0n) is 12.5. The van der Waals surface area contributed by atoms with Crippen molar-refractivity contribution in [2.75, 3.05) is 31.6 Å². The van der Waals surface area contributed by atoms with Crippen molar-refractivity contribution in [2.45, 2.75) is 31.8 Å². The lowest BCUT2D eigenvalue weighted by Crippen LogP contribution is -2.47. The largest absolute Gasteiger partial charge is 0.332 e. The summed E-state index contributed by atoms with van der Waals surface area (Å²) in [6, 6.07) is 0.382. The Morgan fingerprint density at radius 3 is 3.10 bits per heavy atom. The molecule has 1 aromatic rings. The summed E-state index contributed by atoms with van der Waals surface area (Å²) in [6.45, 7) is 3.83. The molecule has 0 N–H and O–H groups in total. The van der Waals surface area contributed by atoms with E-state index < -0.39 is 0 Å². The van der Waals surface area contributed by atoms with E-state index in [9.17, 15) is 4.79 Å². The monoisotopic (exact) mass is 325 g/mol. The van der Waals surface area contributed by atoms with Crippen molar-refractivity contribution in [2.24, 2.45) is 5.92 Å². The highest BCUT2D eigenvalue weighted by Crippen LogP contribution is 2.30. The summed E-state index contributed by atoms with van der Waals surface area (Å²) >= 11 is 3.51. The number of hydrogen-bond donors (Lipinski definition) is 0. The van der Waals surface area contributed by atoms with Gasteiger partial charge in [-0.15, -0.1) is 11.3 Å². The van der Waals surface area contributed by atoms with E-state index in [2.05, 4.69) is 26.4 Å². The number of rotatable bonds is 6. The minimum Gasteiger partial charge on any atom is -0.332 e. The smallest absolute Gasteiger partial charge is 0.227 e. The molecule has 0 aliphatic carbocycles. The first-order valence-electron chi connectivity index (χ1n) is 7.66. The Hall–Kier alpha value is -0.590. The summed E-state index contributed by atoms with van der Waals surface area (Å²) in [5.74, 6) is 1.77. The Balaban J connectivity index is 1.66. The van der Waals surface area contributed by atoms with E-state index in [-0.39, 0.29) is 5.92 Å². The maximum absolute atomic E-state index is 12.7. The number of amides is 1. The molecule has 4 rings (SSSR count). The number of thioether (sulfide) groups is 1. The lowest BCUT2D eigenvalue weighted by Gasteiger charge is -2.35. The summed E-state index contributed by atoms with van der Waals surface area (Å²) in [4.78, 5) is 21.6. The molecule has 0 saturated carbocycles. The summed E-state index contributed by atoms with van der Waals surface area (Å²) < 4.78 is 0. The second kappa shape index (κ2) is 7.11. The van der Waals surface area contributed by atoms with Crippen molar-refractivity contribution in [1.29, 1.82) is 0 Å². The van der Waals surface area contributed by atoms with Gasteiger partial charge < -0.3 is 9.80 Å². The molecular weight excluding hydrogens is 302 g/mol. The molecule has 1 aromatic heterocycles. The average molecular weight is 326 g/mol. The molecule has 3 aliphatic rings. The van der Waals surface area contributed by atoms with Crippen LogP contribution in [0.3, 0.4) is 0 Å². The Bertz CT molecular complexity index is 465. The van der Waals surface area contributed by atoms with Crippen LogP contribution in [-0.4, -0.2) is 58.4 Å². The van der Waals surface area contributed by atoms with E-state index >= 15 is 0 Å². The normalized spacial score (nSPS) is 26.3. The van der Waals surface area contributed by atoms with Gasteiger partial charge in [0.15, 0.2) is 0 Å². The molecule has 0 spiro atoms. The third-order valence-corrected chi connectivity index (χ3v) is 5.84. The standard InChI is InChI=1S/C15H23N3OS2/c1-20-6-2-5-17-7-12-3-4-14(9-17)18(15(12)19)8-13-10-21-11-16-13/h10-12,14H,2-9H2,1H3/t12-,14+/m0/s1. The number of carbonyl (C=O) groups is 1. The highest BCUT2D eigenvalue weighted by molar-refractivity contribution is 7.98. The third kappa shape index (κ3) is 3.60. The summed E-state index contributed by atoms with van der Waals surface area (Å²) in [5.41, 5.74) is 2.89. The molecule has 116 valence electrons. The minimum atomic E-state index is 0.205. The van der Waals surface area contributed by atoms with Gasteiger partial charge in [0.25, 0.3) is 0 Å². The first kappa shape index (κ1) is 15.3. The van der Waals surface area contributed by atoms with Crippen LogP contribution >= 0.6 is 23.1 Å². The molecule has 0 unspecified atom stereocenters. The highest BCUT2D eigenvalue weighted by Gasteiger charge is 2.40. The number of piperidine rings is 1. The molecule has 2 bridgehead atoms. The van der Waals surface area contributed by atoms with Gasteiger partial charge in [-0.2, -0.15) is 11.8 Å². The van der Waals surface area contributed by atoms with Gasteiger partial charge >= 0.3 is 0 Å². The topological polar surface area (TPSA) is 36.4 Å². The minimum absolute atomic E-state index is 0.205. The van der Waals surface area contributed by atoms with Gasteiger partial charge in [0.05, 0.1) is 23.7 Å². The second-order valence-electron chi connectivity index (χ2n) is 5.98. The van der Waals surface area contributed by atoms with E-state index in [0.29, 0.717) is 18.5 Å². The van der Waals surface area contributed by atoms with E-state index in [1.54, 1.807) is 11.3 Å². The van der Waals surface area contributed by atoms with Crippen molar-refractivity contribution in [3.8, 4) is 0 Å². The molecule has 3 saturated heterocycles. The number of hydrogen-bond acceptors (Lipinski definition) is 5. The number of nitrogens with zero attached hydrogens (tertiary/aromatic N) is 3. The van der Waals surface area contributed by atoms with Crippen LogP contribution in [0.1, 0.15) is 25.0 Å². The molecule has 2 atom stereocenters. The predicted octanol–water partition coefficient (Wildman–Crippen LogP) is 2.32. The van der Waals surface area contributed by atoms with Crippen molar-refractivity contribution >= 4 is 29.0 Å². The zero-order chi connectivity index (χ0) is 14.7. The van der Waals surface area contributed by atoms with Crippen molar-refractivity contribution < 1.29 is 4.79 Å². The van der Waals surface area contributed by atoms with Gasteiger partial charge in [-0.3, -0.25) is 4.79 Å². The van der Waals surface area contributed by atoms with E-state index in [1.165, 1.54) is 12.2 Å². The van der Waals surface area contributed by atoms with Gasteiger partial charge in [-0.25, -0.2) is 4.98 Å². The van der Waals surface area contributed by atoms with Gasteiger partial charge in [0.1, 0.15) is 0 Å². The molecule has 0 aromatic carbocycles. The van der Waals surface area contributed by atoms with Crippen LogP contribution in [0.15, 0.2) is 10.9 Å². The predicted molar refractivity (Wildman–Crippen MR) is 88.6 cm³/mol. The molecule has 3 aliphatic heterocycles. The second-order valence-corrected chi connectivity index (χ2v) is 7.68. The molecular formula is C15H23N3OS2. The fourth-order valence-electron chi connectivity index (χ4n) is 3.44. The van der Waals surface area contributed by atoms with Gasteiger partial charge in [0.2, 0.25) is 5.91 Å². The number of fused-ring (bicyclic) bond motifs is 4. The van der Waals surface area contributed by atoms with Gasteiger partial charge in [0, 0.05) is 24.5 Å². The fraction of sp³-hybridized carbons (Fsp3) is 0.733. The van der Waals surface area contributed by atoms with Crippen molar-refractivity contribution in [3.05, 3.63) is 16.6 Å². The highest BCUT2D eigenvalue weighted by atomic mass is 32.2.